The molecule has 0 amide bonds. The Morgan fingerprint density at radius 1 is 1.38 bits per heavy atom. The highest BCUT2D eigenvalue weighted by Crippen LogP contribution is 2.41. The lowest BCUT2D eigenvalue weighted by atomic mass is 9.79. The maximum absolute atomic E-state index is 13.9. The second-order valence-corrected chi connectivity index (χ2v) is 3.29. The van der Waals surface area contributed by atoms with E-state index in [2.05, 4.69) is 0 Å². The normalized spacial score (nSPS) is 30.0. The van der Waals surface area contributed by atoms with Crippen LogP contribution >= 0.6 is 0 Å². The van der Waals surface area contributed by atoms with Crippen molar-refractivity contribution in [2.45, 2.75) is 12.6 Å². The van der Waals surface area contributed by atoms with Gasteiger partial charge in [0.15, 0.2) is 11.7 Å². The first-order valence-corrected chi connectivity index (χ1v) is 4.12. The van der Waals surface area contributed by atoms with Crippen LogP contribution in [-0.2, 0) is 9.59 Å². The molecular weight excluding hydrogens is 229 g/mol. The zero-order chi connectivity index (χ0) is 12.7. The molecule has 7 heteroatoms. The van der Waals surface area contributed by atoms with Crippen LogP contribution in [0.2, 0.25) is 0 Å². The average molecular weight is 236 g/mol. The lowest BCUT2D eigenvalue weighted by molar-refractivity contribution is -0.159. The molecule has 2 atom stereocenters. The molecule has 0 bridgehead atoms. The molecule has 2 unspecified atom stereocenters. The zero-order valence-electron chi connectivity index (χ0n) is 8.00. The van der Waals surface area contributed by atoms with Crippen LogP contribution < -0.4 is 0 Å². The van der Waals surface area contributed by atoms with Crippen LogP contribution in [0.4, 0.5) is 13.2 Å². The van der Waals surface area contributed by atoms with Gasteiger partial charge in [-0.3, -0.25) is 4.79 Å². The molecule has 1 aliphatic rings. The fraction of sp³-hybridized carbons (Fsp3) is 0.333. The Hall–Kier alpha value is -1.79. The molecule has 88 valence electrons. The molecule has 0 aromatic heterocycles. The number of halogens is 3. The number of hydrogen-bond donors (Lipinski definition) is 2. The van der Waals surface area contributed by atoms with Crippen LogP contribution in [0.3, 0.4) is 0 Å². The van der Waals surface area contributed by atoms with Crippen molar-refractivity contribution in [2.24, 2.45) is 5.92 Å². The molecular formula is C9H7F3O4. The van der Waals surface area contributed by atoms with Gasteiger partial charge in [-0.25, -0.2) is 18.0 Å². The lowest BCUT2D eigenvalue weighted by Crippen LogP contribution is -2.47. The highest BCUT2D eigenvalue weighted by atomic mass is 19.2. The van der Waals surface area contributed by atoms with Gasteiger partial charge in [0.2, 0.25) is 5.67 Å². The predicted octanol–water partition coefficient (Wildman–Crippen LogP) is 1.59. The van der Waals surface area contributed by atoms with E-state index in [1.54, 1.807) is 0 Å². The summed E-state index contributed by atoms with van der Waals surface area (Å²) in [5.41, 5.74) is -4.56. The van der Waals surface area contributed by atoms with Gasteiger partial charge >= 0.3 is 11.9 Å². The van der Waals surface area contributed by atoms with Crippen LogP contribution in [-0.4, -0.2) is 27.8 Å². The van der Waals surface area contributed by atoms with E-state index < -0.39 is 40.8 Å². The quantitative estimate of drug-likeness (QED) is 0.763. The SMILES string of the molecule is CC1=C(F)C(F)=CC(C(=O)O)C1(F)C(=O)O. The summed E-state index contributed by atoms with van der Waals surface area (Å²) in [6.45, 7) is 0.700. The van der Waals surface area contributed by atoms with E-state index in [9.17, 15) is 22.8 Å². The van der Waals surface area contributed by atoms with Crippen LogP contribution in [0.25, 0.3) is 0 Å². The molecule has 1 rings (SSSR count). The largest absolute Gasteiger partial charge is 0.481 e. The second-order valence-electron chi connectivity index (χ2n) is 3.29. The van der Waals surface area contributed by atoms with Crippen molar-refractivity contribution in [1.82, 2.24) is 0 Å². The Morgan fingerprint density at radius 3 is 2.25 bits per heavy atom. The van der Waals surface area contributed by atoms with Crippen molar-refractivity contribution in [3.63, 3.8) is 0 Å². The molecule has 16 heavy (non-hydrogen) atoms. The van der Waals surface area contributed by atoms with Crippen LogP contribution in [0, 0.1) is 5.92 Å². The topological polar surface area (TPSA) is 74.6 Å². The molecule has 0 saturated heterocycles. The number of carboxylic acids is 2. The summed E-state index contributed by atoms with van der Waals surface area (Å²) in [6.07, 6.45) is 0.110. The summed E-state index contributed by atoms with van der Waals surface area (Å²) in [7, 11) is 0. The van der Waals surface area contributed by atoms with Crippen LogP contribution in [0.5, 0.6) is 0 Å². The van der Waals surface area contributed by atoms with Gasteiger partial charge in [0, 0.05) is 5.57 Å². The third-order valence-electron chi connectivity index (χ3n) is 2.40. The van der Waals surface area contributed by atoms with Crippen molar-refractivity contribution in [3.05, 3.63) is 23.3 Å². The van der Waals surface area contributed by atoms with Crippen LogP contribution in [0.1, 0.15) is 6.92 Å². The lowest BCUT2D eigenvalue weighted by Gasteiger charge is -2.29. The van der Waals surface area contributed by atoms with Gasteiger partial charge in [0.25, 0.3) is 0 Å². The third-order valence-corrected chi connectivity index (χ3v) is 2.40. The summed E-state index contributed by atoms with van der Waals surface area (Å²) < 4.78 is 39.8. The van der Waals surface area contributed by atoms with E-state index in [1.807, 2.05) is 0 Å². The van der Waals surface area contributed by atoms with Gasteiger partial charge < -0.3 is 10.2 Å². The van der Waals surface area contributed by atoms with E-state index in [1.165, 1.54) is 0 Å². The fourth-order valence-corrected chi connectivity index (χ4v) is 1.44. The molecule has 1 aliphatic carbocycles. The number of carboxylic acid groups (broad SMARTS) is 2. The van der Waals surface area contributed by atoms with E-state index in [-0.39, 0.29) is 6.08 Å². The van der Waals surface area contributed by atoms with Crippen molar-refractivity contribution >= 4 is 11.9 Å². The molecule has 2 N–H and O–H groups in total. The average Bonchev–Trinajstić information content (AvgIpc) is 2.19. The minimum absolute atomic E-state index is 0.110. The van der Waals surface area contributed by atoms with Crippen molar-refractivity contribution < 1.29 is 33.0 Å². The standard InChI is InChI=1S/C9H7F3O4/c1-3-6(11)5(10)2-4(7(13)14)9(3,12)8(15)16/h2,4H,1H3,(H,13,14)(H,15,16). The third kappa shape index (κ3) is 1.48. The molecule has 0 aromatic rings. The summed E-state index contributed by atoms with van der Waals surface area (Å²) in [5.74, 6) is -9.59. The van der Waals surface area contributed by atoms with Gasteiger partial charge in [0.1, 0.15) is 5.92 Å². The molecule has 0 aliphatic heterocycles. The highest BCUT2D eigenvalue weighted by molar-refractivity contribution is 5.91. The Morgan fingerprint density at radius 2 is 1.88 bits per heavy atom. The first kappa shape index (κ1) is 12.3. The van der Waals surface area contributed by atoms with E-state index >= 15 is 0 Å². The van der Waals surface area contributed by atoms with Gasteiger partial charge in [-0.1, -0.05) is 0 Å². The van der Waals surface area contributed by atoms with Gasteiger partial charge in [-0.05, 0) is 13.0 Å². The molecule has 0 radical (unpaired) electrons. The number of aliphatic carboxylic acids is 2. The minimum Gasteiger partial charge on any atom is -0.481 e. The summed E-state index contributed by atoms with van der Waals surface area (Å²) in [5, 5.41) is 17.2. The van der Waals surface area contributed by atoms with E-state index in [0.29, 0.717) is 6.92 Å². The van der Waals surface area contributed by atoms with Crippen molar-refractivity contribution in [1.29, 1.82) is 0 Å². The smallest absolute Gasteiger partial charge is 0.347 e. The van der Waals surface area contributed by atoms with Crippen molar-refractivity contribution in [3.8, 4) is 0 Å². The van der Waals surface area contributed by atoms with Gasteiger partial charge in [0.05, 0.1) is 0 Å². The second kappa shape index (κ2) is 3.66. The van der Waals surface area contributed by atoms with E-state index in [0.717, 1.165) is 0 Å². The Labute approximate surface area is 87.7 Å². The summed E-state index contributed by atoms with van der Waals surface area (Å²) >= 11 is 0. The van der Waals surface area contributed by atoms with Crippen molar-refractivity contribution in [2.75, 3.05) is 0 Å². The molecule has 0 fully saturated rings. The molecule has 4 nitrogen and oxygen atoms in total. The number of alkyl halides is 1. The number of carbonyl (C=O) groups is 2. The number of hydrogen-bond acceptors (Lipinski definition) is 2. The Balaban J connectivity index is 3.44. The first-order chi connectivity index (χ1) is 7.22. The summed E-state index contributed by atoms with van der Waals surface area (Å²) in [4.78, 5) is 21.3. The monoisotopic (exact) mass is 236 g/mol. The Bertz CT molecular complexity index is 426. The molecule has 0 heterocycles. The maximum Gasteiger partial charge on any atom is 0.347 e. The predicted molar refractivity (Wildman–Crippen MR) is 45.6 cm³/mol. The van der Waals surface area contributed by atoms with Gasteiger partial charge in [-0.15, -0.1) is 0 Å². The highest BCUT2D eigenvalue weighted by Gasteiger charge is 2.55. The minimum atomic E-state index is -3.47. The molecule has 0 saturated carbocycles. The molecule has 0 aromatic carbocycles. The summed E-state index contributed by atoms with van der Waals surface area (Å²) in [6, 6.07) is 0. The zero-order valence-corrected chi connectivity index (χ0v) is 8.00. The Kier molecular flexibility index (Phi) is 2.81. The number of allylic oxidation sites excluding steroid dienone is 2. The molecule has 0 spiro atoms. The first-order valence-electron chi connectivity index (χ1n) is 4.12. The van der Waals surface area contributed by atoms with Crippen LogP contribution in [0.15, 0.2) is 23.3 Å². The van der Waals surface area contributed by atoms with Gasteiger partial charge in [-0.2, -0.15) is 0 Å². The maximum atomic E-state index is 13.9. The number of rotatable bonds is 2. The fourth-order valence-electron chi connectivity index (χ4n) is 1.44. The van der Waals surface area contributed by atoms with E-state index in [4.69, 9.17) is 10.2 Å².